The van der Waals surface area contributed by atoms with Gasteiger partial charge in [0.1, 0.15) is 5.75 Å². The number of nitrogens with one attached hydrogen (secondary N) is 1. The van der Waals surface area contributed by atoms with Gasteiger partial charge in [-0.2, -0.15) is 0 Å². The maximum Gasteiger partial charge on any atom is 0.257 e. The third-order valence-corrected chi connectivity index (χ3v) is 3.43. The molecule has 1 unspecified atom stereocenters. The van der Waals surface area contributed by atoms with Gasteiger partial charge in [-0.25, -0.2) is 0 Å². The minimum Gasteiger partial charge on any atom is -0.490 e. The molecule has 0 aromatic heterocycles. The Bertz CT molecular complexity index is 495. The van der Waals surface area contributed by atoms with Gasteiger partial charge in [0.15, 0.2) is 0 Å². The van der Waals surface area contributed by atoms with E-state index >= 15 is 0 Å². The molecule has 0 spiro atoms. The number of piperazine rings is 1. The normalized spacial score (nSPS) is 18.3. The lowest BCUT2D eigenvalue weighted by Gasteiger charge is -2.32. The Morgan fingerprint density at radius 3 is 2.81 bits per heavy atom. The number of carbonyl (C=O) groups excluding carboxylic acids is 1. The highest BCUT2D eigenvalue weighted by Gasteiger charge is 2.24. The molecule has 1 amide bonds. The Morgan fingerprint density at radius 2 is 2.19 bits per heavy atom. The van der Waals surface area contributed by atoms with Gasteiger partial charge in [0, 0.05) is 30.7 Å². The lowest BCUT2D eigenvalue weighted by Crippen LogP contribution is -2.51. The van der Waals surface area contributed by atoms with Crippen LogP contribution in [0.25, 0.3) is 0 Å². The van der Waals surface area contributed by atoms with E-state index in [9.17, 15) is 4.79 Å². The summed E-state index contributed by atoms with van der Waals surface area (Å²) in [5.74, 6) is 0.581. The quantitative estimate of drug-likeness (QED) is 0.925. The summed E-state index contributed by atoms with van der Waals surface area (Å²) in [5, 5.41) is 3.87. The first-order chi connectivity index (χ1) is 9.47. The van der Waals surface area contributed by atoms with Crippen molar-refractivity contribution in [3.05, 3.63) is 28.8 Å². The van der Waals surface area contributed by atoms with Crippen LogP contribution >= 0.6 is 24.0 Å². The molecule has 0 aliphatic carbocycles. The van der Waals surface area contributed by atoms with Crippen LogP contribution in [0.1, 0.15) is 31.1 Å². The van der Waals surface area contributed by atoms with Gasteiger partial charge in [-0.05, 0) is 39.0 Å². The van der Waals surface area contributed by atoms with Crippen molar-refractivity contribution in [2.75, 3.05) is 19.6 Å². The van der Waals surface area contributed by atoms with Crippen molar-refractivity contribution in [2.45, 2.75) is 32.9 Å². The molecular formula is C15H22Cl2N2O2. The summed E-state index contributed by atoms with van der Waals surface area (Å²) in [7, 11) is 0. The molecule has 21 heavy (non-hydrogen) atoms. The first kappa shape index (κ1) is 18.1. The summed E-state index contributed by atoms with van der Waals surface area (Å²) in [6.45, 7) is 8.17. The number of benzene rings is 1. The average molecular weight is 333 g/mol. The molecule has 0 saturated carbocycles. The van der Waals surface area contributed by atoms with Gasteiger partial charge < -0.3 is 15.0 Å². The van der Waals surface area contributed by atoms with Crippen LogP contribution in [0.3, 0.4) is 0 Å². The van der Waals surface area contributed by atoms with Crippen LogP contribution in [0.15, 0.2) is 18.2 Å². The maximum absolute atomic E-state index is 12.7. The Hall–Kier alpha value is -0.970. The fourth-order valence-corrected chi connectivity index (χ4v) is 2.49. The highest BCUT2D eigenvalue weighted by Crippen LogP contribution is 2.25. The molecule has 1 fully saturated rings. The maximum atomic E-state index is 12.7. The third kappa shape index (κ3) is 4.77. The van der Waals surface area contributed by atoms with Crippen molar-refractivity contribution < 1.29 is 9.53 Å². The fourth-order valence-electron chi connectivity index (χ4n) is 2.31. The van der Waals surface area contributed by atoms with Crippen LogP contribution < -0.4 is 10.1 Å². The molecule has 6 heteroatoms. The predicted molar refractivity (Wildman–Crippen MR) is 87.8 cm³/mol. The van der Waals surface area contributed by atoms with Crippen LogP contribution in [0, 0.1) is 0 Å². The number of halogens is 2. The van der Waals surface area contributed by atoms with Crippen molar-refractivity contribution in [3.8, 4) is 5.75 Å². The average Bonchev–Trinajstić information content (AvgIpc) is 2.39. The van der Waals surface area contributed by atoms with Gasteiger partial charge in [0.05, 0.1) is 11.7 Å². The number of ether oxygens (including phenoxy) is 1. The number of hydrogen-bond acceptors (Lipinski definition) is 3. The summed E-state index contributed by atoms with van der Waals surface area (Å²) >= 11 is 6.03. The van der Waals surface area contributed by atoms with Crippen LogP contribution in [0.4, 0.5) is 0 Å². The Labute approximate surface area is 137 Å². The molecule has 0 bridgehead atoms. The highest BCUT2D eigenvalue weighted by atomic mass is 35.5. The van der Waals surface area contributed by atoms with Crippen molar-refractivity contribution in [2.24, 2.45) is 0 Å². The summed E-state index contributed by atoms with van der Waals surface area (Å²) in [5.41, 5.74) is 0.542. The Balaban J connectivity index is 0.00000220. The van der Waals surface area contributed by atoms with E-state index in [-0.39, 0.29) is 24.4 Å². The fraction of sp³-hybridized carbons (Fsp3) is 0.533. The first-order valence-electron chi connectivity index (χ1n) is 6.96. The number of nitrogens with zero attached hydrogens (tertiary/aromatic N) is 1. The summed E-state index contributed by atoms with van der Waals surface area (Å²) in [6, 6.07) is 5.51. The SMILES string of the molecule is CC1CN(C(=O)c2cc(Cl)ccc2OC(C)C)CCN1.Cl. The zero-order chi connectivity index (χ0) is 14.7. The lowest BCUT2D eigenvalue weighted by molar-refractivity contribution is 0.0703. The summed E-state index contributed by atoms with van der Waals surface area (Å²) in [6.07, 6.45) is 0.0182. The van der Waals surface area contributed by atoms with Gasteiger partial charge in [0.2, 0.25) is 0 Å². The third-order valence-electron chi connectivity index (χ3n) is 3.19. The molecule has 1 saturated heterocycles. The molecule has 1 N–H and O–H groups in total. The number of hydrogen-bond donors (Lipinski definition) is 1. The van der Waals surface area contributed by atoms with Crippen molar-refractivity contribution in [1.82, 2.24) is 10.2 Å². The van der Waals surface area contributed by atoms with Crippen LogP contribution in [0.5, 0.6) is 5.75 Å². The zero-order valence-electron chi connectivity index (χ0n) is 12.6. The summed E-state index contributed by atoms with van der Waals surface area (Å²) in [4.78, 5) is 14.5. The molecule has 2 rings (SSSR count). The minimum absolute atomic E-state index is 0. The second-order valence-electron chi connectivity index (χ2n) is 5.41. The molecule has 4 nitrogen and oxygen atoms in total. The van der Waals surface area contributed by atoms with E-state index in [4.69, 9.17) is 16.3 Å². The van der Waals surface area contributed by atoms with Gasteiger partial charge >= 0.3 is 0 Å². The largest absolute Gasteiger partial charge is 0.490 e. The number of carbonyl (C=O) groups is 1. The van der Waals surface area contributed by atoms with Crippen LogP contribution in [-0.2, 0) is 0 Å². The molecular weight excluding hydrogens is 311 g/mol. The van der Waals surface area contributed by atoms with Crippen molar-refractivity contribution in [3.63, 3.8) is 0 Å². The number of rotatable bonds is 3. The van der Waals surface area contributed by atoms with E-state index in [1.54, 1.807) is 18.2 Å². The first-order valence-corrected chi connectivity index (χ1v) is 7.34. The Morgan fingerprint density at radius 1 is 1.48 bits per heavy atom. The molecule has 1 aromatic carbocycles. The second kappa shape index (κ2) is 7.87. The van der Waals surface area contributed by atoms with E-state index in [0.717, 1.165) is 6.54 Å². The topological polar surface area (TPSA) is 41.6 Å². The number of amides is 1. The lowest BCUT2D eigenvalue weighted by atomic mass is 10.1. The molecule has 1 aliphatic rings. The standard InChI is InChI=1S/C15H21ClN2O2.ClH/c1-10(2)20-14-5-4-12(16)8-13(14)15(19)18-7-6-17-11(3)9-18;/h4-5,8,10-11,17H,6-7,9H2,1-3H3;1H. The van der Waals surface area contributed by atoms with Gasteiger partial charge in [-0.1, -0.05) is 11.6 Å². The van der Waals surface area contributed by atoms with E-state index in [1.165, 1.54) is 0 Å². The molecule has 1 aromatic rings. The monoisotopic (exact) mass is 332 g/mol. The van der Waals surface area contributed by atoms with Crippen LogP contribution in [-0.4, -0.2) is 42.6 Å². The minimum atomic E-state index is -0.0171. The van der Waals surface area contributed by atoms with Crippen LogP contribution in [0.2, 0.25) is 5.02 Å². The molecule has 1 atom stereocenters. The smallest absolute Gasteiger partial charge is 0.257 e. The molecule has 0 radical (unpaired) electrons. The summed E-state index contributed by atoms with van der Waals surface area (Å²) < 4.78 is 5.72. The zero-order valence-corrected chi connectivity index (χ0v) is 14.1. The van der Waals surface area contributed by atoms with E-state index in [0.29, 0.717) is 35.5 Å². The van der Waals surface area contributed by atoms with E-state index in [1.807, 2.05) is 18.7 Å². The predicted octanol–water partition coefficient (Wildman–Crippen LogP) is 2.98. The van der Waals surface area contributed by atoms with Crippen molar-refractivity contribution in [1.29, 1.82) is 0 Å². The second-order valence-corrected chi connectivity index (χ2v) is 5.85. The van der Waals surface area contributed by atoms with Gasteiger partial charge in [-0.15, -0.1) is 12.4 Å². The highest BCUT2D eigenvalue weighted by molar-refractivity contribution is 6.31. The molecule has 1 heterocycles. The molecule has 1 aliphatic heterocycles. The Kier molecular flexibility index (Phi) is 6.78. The van der Waals surface area contributed by atoms with E-state index in [2.05, 4.69) is 12.2 Å². The van der Waals surface area contributed by atoms with Gasteiger partial charge in [-0.3, -0.25) is 4.79 Å². The van der Waals surface area contributed by atoms with Crippen molar-refractivity contribution >= 4 is 29.9 Å². The van der Waals surface area contributed by atoms with Gasteiger partial charge in [0.25, 0.3) is 5.91 Å². The van der Waals surface area contributed by atoms with E-state index < -0.39 is 0 Å². The molecule has 118 valence electrons.